The monoisotopic (exact) mass is 2050 g/mol. The van der Waals surface area contributed by atoms with Crippen LogP contribution in [0.15, 0.2) is 60.7 Å². The zero-order valence-corrected chi connectivity index (χ0v) is 91.2. The van der Waals surface area contributed by atoms with E-state index in [0.717, 1.165) is 211 Å². The van der Waals surface area contributed by atoms with Crippen molar-refractivity contribution >= 4 is 217 Å². The number of carbonyl (C=O) groups excluding carboxylic acids is 10. The summed E-state index contributed by atoms with van der Waals surface area (Å²) in [5.41, 5.74) is 0.888. The average molecular weight is 2050 g/mol. The highest BCUT2D eigenvalue weighted by Gasteiger charge is 2.37. The van der Waals surface area contributed by atoms with Gasteiger partial charge in [-0.15, -0.1) is 0 Å². The minimum absolute atomic E-state index is 0.0336. The van der Waals surface area contributed by atoms with Gasteiger partial charge in [0, 0.05) is 102 Å². The molecule has 141 heavy (non-hydrogen) atoms. The van der Waals surface area contributed by atoms with Crippen molar-refractivity contribution in [3.05, 3.63) is 136 Å². The van der Waals surface area contributed by atoms with Crippen LogP contribution in [0.5, 0.6) is 0 Å². The molecule has 0 aliphatic carbocycles. The van der Waals surface area contributed by atoms with Gasteiger partial charge in [0.05, 0.1) is 97.4 Å². The second-order valence-electron chi connectivity index (χ2n) is 38.7. The maximum Gasteiger partial charge on any atom is 0.338 e. The van der Waals surface area contributed by atoms with Gasteiger partial charge in [-0.25, -0.2) is 38.4 Å². The smallest absolute Gasteiger partial charge is 0.338 e. The molecule has 0 N–H and O–H groups in total. The fourth-order valence-electron chi connectivity index (χ4n) is 19.6. The molecule has 0 aromatic heterocycles. The quantitative estimate of drug-likeness (QED) is 0.00684. The first-order valence-corrected chi connectivity index (χ1v) is 55.8. The van der Waals surface area contributed by atoms with Crippen LogP contribution in [0.25, 0.3) is 86.2 Å². The van der Waals surface area contributed by atoms with E-state index >= 15 is 0 Å². The number of unbranched alkanes of at least 4 members (excludes halogenated alkanes) is 11. The normalized spacial score (nSPS) is 13.2. The lowest BCUT2D eigenvalue weighted by Gasteiger charge is -2.24. The maximum absolute atomic E-state index is 14.9. The molecule has 0 bridgehead atoms. The van der Waals surface area contributed by atoms with Crippen molar-refractivity contribution in [1.82, 2.24) is 0 Å². The van der Waals surface area contributed by atoms with E-state index in [-0.39, 0.29) is 210 Å². The van der Waals surface area contributed by atoms with Crippen molar-refractivity contribution in [1.29, 1.82) is 0 Å². The number of thiol groups is 2. The predicted molar refractivity (Wildman–Crippen MR) is 585 cm³/mol. The molecule has 770 valence electrons. The van der Waals surface area contributed by atoms with Gasteiger partial charge in [-0.2, -0.15) is 25.3 Å². The zero-order valence-electron chi connectivity index (χ0n) is 86.4. The van der Waals surface area contributed by atoms with Gasteiger partial charge < -0.3 is 37.9 Å². The van der Waals surface area contributed by atoms with Gasteiger partial charge in [-0.05, 0) is 194 Å². The minimum atomic E-state index is -0.685. The van der Waals surface area contributed by atoms with E-state index < -0.39 is 47.8 Å². The Kier molecular flexibility index (Phi) is 48.5. The van der Waals surface area contributed by atoms with Crippen molar-refractivity contribution in [3.63, 3.8) is 0 Å². The van der Waals surface area contributed by atoms with Gasteiger partial charge in [0.1, 0.15) is 0 Å². The van der Waals surface area contributed by atoms with E-state index in [2.05, 4.69) is 122 Å². The third kappa shape index (κ3) is 29.2. The topological polar surface area (TPSA) is 245 Å². The lowest BCUT2D eigenvalue weighted by molar-refractivity contribution is 0.0414. The molecule has 10 rings (SSSR count). The van der Waals surface area contributed by atoms with Crippen molar-refractivity contribution in [2.24, 2.45) is 41.4 Å². The Bertz CT molecular complexity index is 5830. The SMILES string of the molecule is CCCCC(CC)COC(=O)c1cc(Cl)c2c3c(Cl)cc(C(=O)OCC(CC)CCCC)c4c(C(=O)OCC(CC)CCCC)cc(Cl)c(c5c(Cl)cc(C(=O)OCCCCCCCS)c1c52)c43.CCCCC(CC)COC(=O)c1ccc2c3c(C(=O)CCCS)cc(C(=O)OCC(CC)CCCC)c4c(C(=O)OCC(CC)CCCC)ccc(c5c(C(C)=O)cc(C(=O)OCC(CC)CCCC)c1c25)c43. The summed E-state index contributed by atoms with van der Waals surface area (Å²) in [7, 11) is 0. The van der Waals surface area contributed by atoms with Gasteiger partial charge in [-0.3, -0.25) is 9.59 Å². The largest absolute Gasteiger partial charge is 0.462 e. The van der Waals surface area contributed by atoms with E-state index in [1.165, 1.54) is 37.3 Å². The molecule has 7 unspecified atom stereocenters. The molecule has 0 fully saturated rings. The Balaban J connectivity index is 0.000000316. The number of hydrogen-bond acceptors (Lipinski definition) is 20. The Morgan fingerprint density at radius 3 is 0.738 bits per heavy atom. The van der Waals surface area contributed by atoms with Crippen molar-refractivity contribution in [3.8, 4) is 0 Å². The maximum atomic E-state index is 14.9. The summed E-state index contributed by atoms with van der Waals surface area (Å²) in [6, 6.07) is 15.7. The molecule has 18 nitrogen and oxygen atoms in total. The van der Waals surface area contributed by atoms with Crippen LogP contribution in [-0.4, -0.2) is 124 Å². The first kappa shape index (κ1) is 116. The lowest BCUT2D eigenvalue weighted by Crippen LogP contribution is -2.19. The number of ether oxygens (including phenoxy) is 8. The minimum Gasteiger partial charge on any atom is -0.462 e. The number of fused-ring (bicyclic) bond motifs is 4. The molecule has 0 spiro atoms. The summed E-state index contributed by atoms with van der Waals surface area (Å²) in [5.74, 6) is -3.78. The Morgan fingerprint density at radius 1 is 0.241 bits per heavy atom. The molecule has 0 radical (unpaired) electrons. The molecule has 0 aliphatic heterocycles. The van der Waals surface area contributed by atoms with Crippen molar-refractivity contribution in [2.75, 3.05) is 64.4 Å². The number of hydrogen-bond donors (Lipinski definition) is 2. The van der Waals surface area contributed by atoms with Gasteiger partial charge in [0.2, 0.25) is 0 Å². The third-order valence-electron chi connectivity index (χ3n) is 28.7. The summed E-state index contributed by atoms with van der Waals surface area (Å²) >= 11 is 38.2. The second kappa shape index (κ2) is 58.8. The van der Waals surface area contributed by atoms with Crippen molar-refractivity contribution in [2.45, 2.75) is 329 Å². The van der Waals surface area contributed by atoms with E-state index in [1.807, 2.05) is 0 Å². The van der Waals surface area contributed by atoms with E-state index in [4.69, 9.17) is 84.3 Å². The standard InChI is InChI=1S/C62H84O10S.C55H70Cl4O8S/c1-10-18-23-40(14-5)35-69-59(65)46-31-29-45-54-49(52(64)27-22-32-73)34-51(62(68)72-38-43(17-8)26-21-13-4)56-47(60(66)70-36-41(15-6)24-19-11-2)30-28-44(58(54)56)53-48(39(9)63)33-50(55(46)57(45)53)61(67)71-37-42(16-7)25-20-12-3;1-7-13-21-33(10-4)30-65-53(61)37-27-41(57)47-49-43(59)29-39(55(63)67-32-35(12-6)23-15-9-3)45-38(54(62)66-31-34(11-5)22-14-8-2)28-42(58)48(51(45)49)46-40(56)26-36(44(37)50(46)47)52(60)64-24-19-17-16-18-20-25-68/h28-31,33-34,40-43,73H,10-27,32,35-38H2,1-9H3;26-29,33-35,68H,7-25,30-32H2,1-6H3. The van der Waals surface area contributed by atoms with Crippen LogP contribution >= 0.6 is 71.7 Å². The predicted octanol–water partition coefficient (Wildman–Crippen LogP) is 33.8. The number of ketones is 2. The molecule has 10 aromatic rings. The van der Waals surface area contributed by atoms with Gasteiger partial charge in [0.15, 0.2) is 11.6 Å². The zero-order chi connectivity index (χ0) is 103. The van der Waals surface area contributed by atoms with Crippen LogP contribution in [0.3, 0.4) is 0 Å². The van der Waals surface area contributed by atoms with Crippen molar-refractivity contribution < 1.29 is 85.8 Å². The molecule has 24 heteroatoms. The molecule has 0 aliphatic rings. The Labute approximate surface area is 867 Å². The number of rotatable bonds is 62. The fraction of sp³-hybridized carbons (Fsp3) is 0.573. The number of esters is 8. The highest BCUT2D eigenvalue weighted by molar-refractivity contribution is 7.80. The summed E-state index contributed by atoms with van der Waals surface area (Å²) in [5, 5.41) is 5.85. The van der Waals surface area contributed by atoms with Gasteiger partial charge >= 0.3 is 47.8 Å². The van der Waals surface area contributed by atoms with Crippen LogP contribution < -0.4 is 0 Å². The molecule has 0 saturated carbocycles. The Hall–Kier alpha value is -8.24. The molecule has 7 atom stereocenters. The van der Waals surface area contributed by atoms with Crippen LogP contribution in [0.1, 0.15) is 432 Å². The van der Waals surface area contributed by atoms with Crippen LogP contribution in [0.4, 0.5) is 0 Å². The molecular weight excluding hydrogens is 1900 g/mol. The molecule has 0 heterocycles. The van der Waals surface area contributed by atoms with E-state index in [0.29, 0.717) is 83.2 Å². The van der Waals surface area contributed by atoms with Crippen LogP contribution in [-0.2, 0) is 37.9 Å². The molecule has 0 saturated heterocycles. The first-order chi connectivity index (χ1) is 68.1. The van der Waals surface area contributed by atoms with Gasteiger partial charge in [0.25, 0.3) is 0 Å². The van der Waals surface area contributed by atoms with E-state index in [1.54, 1.807) is 30.3 Å². The third-order valence-corrected chi connectivity index (χ3v) is 30.5. The highest BCUT2D eigenvalue weighted by Crippen LogP contribution is 2.54. The van der Waals surface area contributed by atoms with E-state index in [9.17, 15) is 47.9 Å². The first-order valence-electron chi connectivity index (χ1n) is 53.0. The fourth-order valence-corrected chi connectivity index (χ4v) is 21.2. The average Bonchev–Trinajstić information content (AvgIpc) is 0.689. The molecular formula is C117H154Cl4O18S2. The summed E-state index contributed by atoms with van der Waals surface area (Å²) in [4.78, 5) is 146. The summed E-state index contributed by atoms with van der Waals surface area (Å²) in [6.45, 7) is 32.1. The summed E-state index contributed by atoms with van der Waals surface area (Å²) in [6.07, 6.45) is 31.0. The van der Waals surface area contributed by atoms with Crippen LogP contribution in [0, 0.1) is 41.4 Å². The van der Waals surface area contributed by atoms with Crippen LogP contribution in [0.2, 0.25) is 20.1 Å². The summed E-state index contributed by atoms with van der Waals surface area (Å²) < 4.78 is 48.6. The van der Waals surface area contributed by atoms with Gasteiger partial charge in [-0.1, -0.05) is 310 Å². The number of carbonyl (C=O) groups is 10. The molecule has 0 amide bonds. The number of halogens is 4. The molecule has 10 aromatic carbocycles. The second-order valence-corrected chi connectivity index (χ2v) is 41.2. The number of benzene rings is 10. The highest BCUT2D eigenvalue weighted by atomic mass is 35.5. The Morgan fingerprint density at radius 2 is 0.475 bits per heavy atom. The number of Topliss-reactive ketones (excluding diaryl/α,β-unsaturated/α-hetero) is 2. The lowest BCUT2D eigenvalue weighted by atomic mass is 9.80.